The standard InChI is InChI=1S/C15H22N2O2/c1-11(19-10-9-12-3-2-4-12)15(18)17-14-7-5-13(16)6-8-14/h5-8,11-12H,2-4,9-10,16H2,1H3,(H,17,18). The normalized spacial score (nSPS) is 16.7. The van der Waals surface area contributed by atoms with Gasteiger partial charge in [-0.15, -0.1) is 0 Å². The Balaban J connectivity index is 1.70. The summed E-state index contributed by atoms with van der Waals surface area (Å²) in [5, 5.41) is 2.82. The number of nitrogen functional groups attached to an aromatic ring is 1. The zero-order valence-corrected chi connectivity index (χ0v) is 11.4. The van der Waals surface area contributed by atoms with Crippen LogP contribution in [0.3, 0.4) is 0 Å². The molecule has 0 saturated heterocycles. The van der Waals surface area contributed by atoms with Crippen molar-refractivity contribution in [2.24, 2.45) is 5.92 Å². The third-order valence-electron chi connectivity index (χ3n) is 3.67. The van der Waals surface area contributed by atoms with E-state index in [1.807, 2.05) is 0 Å². The molecule has 3 N–H and O–H groups in total. The molecule has 0 aliphatic heterocycles. The van der Waals surface area contributed by atoms with Crippen LogP contribution in [0, 0.1) is 5.92 Å². The van der Waals surface area contributed by atoms with Crippen LogP contribution in [-0.4, -0.2) is 18.6 Å². The smallest absolute Gasteiger partial charge is 0.253 e. The number of carbonyl (C=O) groups is 1. The lowest BCUT2D eigenvalue weighted by atomic mass is 9.83. The molecule has 1 aliphatic carbocycles. The monoisotopic (exact) mass is 262 g/mol. The van der Waals surface area contributed by atoms with Gasteiger partial charge in [0.15, 0.2) is 0 Å². The average molecular weight is 262 g/mol. The van der Waals surface area contributed by atoms with Crippen molar-refractivity contribution in [3.8, 4) is 0 Å². The molecule has 4 nitrogen and oxygen atoms in total. The highest BCUT2D eigenvalue weighted by molar-refractivity contribution is 5.94. The van der Waals surface area contributed by atoms with Crippen molar-refractivity contribution in [1.29, 1.82) is 0 Å². The van der Waals surface area contributed by atoms with Gasteiger partial charge in [0.1, 0.15) is 6.10 Å². The van der Waals surface area contributed by atoms with E-state index in [0.717, 1.165) is 18.0 Å². The van der Waals surface area contributed by atoms with Crippen LogP contribution in [0.1, 0.15) is 32.6 Å². The first-order valence-corrected chi connectivity index (χ1v) is 6.93. The second-order valence-corrected chi connectivity index (χ2v) is 5.21. The number of amides is 1. The second kappa shape index (κ2) is 6.57. The highest BCUT2D eigenvalue weighted by Gasteiger charge is 2.18. The van der Waals surface area contributed by atoms with Gasteiger partial charge >= 0.3 is 0 Å². The van der Waals surface area contributed by atoms with Crippen LogP contribution in [0.5, 0.6) is 0 Å². The van der Waals surface area contributed by atoms with E-state index in [-0.39, 0.29) is 5.91 Å². The van der Waals surface area contributed by atoms with E-state index < -0.39 is 6.10 Å². The second-order valence-electron chi connectivity index (χ2n) is 5.21. The van der Waals surface area contributed by atoms with E-state index in [4.69, 9.17) is 10.5 Å². The fourth-order valence-corrected chi connectivity index (χ4v) is 2.08. The molecular weight excluding hydrogens is 240 g/mol. The summed E-state index contributed by atoms with van der Waals surface area (Å²) in [6, 6.07) is 7.10. The van der Waals surface area contributed by atoms with Gasteiger partial charge in [-0.2, -0.15) is 0 Å². The first-order valence-electron chi connectivity index (χ1n) is 6.93. The number of nitrogens with one attached hydrogen (secondary N) is 1. The Labute approximate surface area is 114 Å². The van der Waals surface area contributed by atoms with Crippen LogP contribution in [0.15, 0.2) is 24.3 Å². The maximum absolute atomic E-state index is 11.9. The van der Waals surface area contributed by atoms with E-state index in [1.54, 1.807) is 31.2 Å². The molecule has 19 heavy (non-hydrogen) atoms. The Bertz CT molecular complexity index is 413. The summed E-state index contributed by atoms with van der Waals surface area (Å²) in [6.45, 7) is 2.45. The first kappa shape index (κ1) is 13.9. The van der Waals surface area contributed by atoms with Crippen LogP contribution in [0.4, 0.5) is 11.4 Å². The topological polar surface area (TPSA) is 64.3 Å². The summed E-state index contributed by atoms with van der Waals surface area (Å²) < 4.78 is 5.57. The molecule has 4 heteroatoms. The van der Waals surface area contributed by atoms with Gasteiger partial charge < -0.3 is 15.8 Å². The fraction of sp³-hybridized carbons (Fsp3) is 0.533. The lowest BCUT2D eigenvalue weighted by Crippen LogP contribution is -2.28. The maximum Gasteiger partial charge on any atom is 0.253 e. The van der Waals surface area contributed by atoms with E-state index in [1.165, 1.54) is 19.3 Å². The van der Waals surface area contributed by atoms with Crippen LogP contribution < -0.4 is 11.1 Å². The van der Waals surface area contributed by atoms with Gasteiger partial charge in [-0.3, -0.25) is 4.79 Å². The molecular formula is C15H22N2O2. The van der Waals surface area contributed by atoms with Gasteiger partial charge in [0.25, 0.3) is 5.91 Å². The molecule has 1 unspecified atom stereocenters. The molecule has 0 heterocycles. The summed E-state index contributed by atoms with van der Waals surface area (Å²) >= 11 is 0. The van der Waals surface area contributed by atoms with E-state index >= 15 is 0 Å². The molecule has 1 atom stereocenters. The number of rotatable bonds is 6. The minimum atomic E-state index is -0.419. The Morgan fingerprint density at radius 3 is 2.68 bits per heavy atom. The Morgan fingerprint density at radius 1 is 1.42 bits per heavy atom. The van der Waals surface area contributed by atoms with Crippen LogP contribution >= 0.6 is 0 Å². The van der Waals surface area contributed by atoms with Gasteiger partial charge in [-0.1, -0.05) is 19.3 Å². The summed E-state index contributed by atoms with van der Waals surface area (Å²) in [4.78, 5) is 11.9. The van der Waals surface area contributed by atoms with Crippen molar-refractivity contribution in [2.45, 2.75) is 38.7 Å². The molecule has 0 radical (unpaired) electrons. The minimum absolute atomic E-state index is 0.113. The van der Waals surface area contributed by atoms with E-state index in [2.05, 4.69) is 5.32 Å². The van der Waals surface area contributed by atoms with Crippen molar-refractivity contribution in [3.63, 3.8) is 0 Å². The fourth-order valence-electron chi connectivity index (χ4n) is 2.08. The Hall–Kier alpha value is -1.55. The van der Waals surface area contributed by atoms with Gasteiger partial charge in [-0.05, 0) is 43.5 Å². The van der Waals surface area contributed by atoms with Crippen molar-refractivity contribution >= 4 is 17.3 Å². The summed E-state index contributed by atoms with van der Waals surface area (Å²) in [5.74, 6) is 0.700. The summed E-state index contributed by atoms with van der Waals surface area (Å²) in [5.41, 5.74) is 7.02. The third kappa shape index (κ3) is 4.24. The van der Waals surface area contributed by atoms with Gasteiger partial charge in [0.2, 0.25) is 0 Å². The van der Waals surface area contributed by atoms with E-state index in [0.29, 0.717) is 12.3 Å². The molecule has 2 rings (SSSR count). The van der Waals surface area contributed by atoms with Crippen molar-refractivity contribution < 1.29 is 9.53 Å². The number of ether oxygens (including phenoxy) is 1. The molecule has 104 valence electrons. The lowest BCUT2D eigenvalue weighted by molar-refractivity contribution is -0.126. The predicted molar refractivity (Wildman–Crippen MR) is 76.9 cm³/mol. The van der Waals surface area contributed by atoms with Crippen LogP contribution in [0.25, 0.3) is 0 Å². The highest BCUT2D eigenvalue weighted by Crippen LogP contribution is 2.29. The number of nitrogens with two attached hydrogens (primary N) is 1. The van der Waals surface area contributed by atoms with Crippen LogP contribution in [0.2, 0.25) is 0 Å². The van der Waals surface area contributed by atoms with Gasteiger partial charge in [0.05, 0.1) is 0 Å². The molecule has 1 aromatic rings. The highest BCUT2D eigenvalue weighted by atomic mass is 16.5. The molecule has 0 aromatic heterocycles. The molecule has 1 fully saturated rings. The first-order chi connectivity index (χ1) is 9.15. The molecule has 1 aromatic carbocycles. The molecule has 0 spiro atoms. The quantitative estimate of drug-likeness (QED) is 0.775. The summed E-state index contributed by atoms with van der Waals surface area (Å²) in [7, 11) is 0. The largest absolute Gasteiger partial charge is 0.399 e. The SMILES string of the molecule is CC(OCCC1CCC1)C(=O)Nc1ccc(N)cc1. The molecule has 1 saturated carbocycles. The Morgan fingerprint density at radius 2 is 2.11 bits per heavy atom. The van der Waals surface area contributed by atoms with Crippen molar-refractivity contribution in [3.05, 3.63) is 24.3 Å². The zero-order chi connectivity index (χ0) is 13.7. The van der Waals surface area contributed by atoms with Crippen molar-refractivity contribution in [2.75, 3.05) is 17.7 Å². The lowest BCUT2D eigenvalue weighted by Gasteiger charge is -2.25. The number of hydrogen-bond acceptors (Lipinski definition) is 3. The van der Waals surface area contributed by atoms with Crippen molar-refractivity contribution in [1.82, 2.24) is 0 Å². The minimum Gasteiger partial charge on any atom is -0.399 e. The average Bonchev–Trinajstić information content (AvgIpc) is 2.35. The Kier molecular flexibility index (Phi) is 4.80. The zero-order valence-electron chi connectivity index (χ0n) is 11.4. The number of anilines is 2. The number of hydrogen-bond donors (Lipinski definition) is 2. The summed E-state index contributed by atoms with van der Waals surface area (Å²) in [6.07, 6.45) is 4.62. The van der Waals surface area contributed by atoms with E-state index in [9.17, 15) is 4.79 Å². The maximum atomic E-state index is 11.9. The molecule has 1 aliphatic rings. The predicted octanol–water partition coefficient (Wildman–Crippen LogP) is 2.80. The number of benzene rings is 1. The van der Waals surface area contributed by atoms with Gasteiger partial charge in [0, 0.05) is 18.0 Å². The van der Waals surface area contributed by atoms with Crippen LogP contribution in [-0.2, 0) is 9.53 Å². The molecule has 0 bridgehead atoms. The number of carbonyl (C=O) groups excluding carboxylic acids is 1. The van der Waals surface area contributed by atoms with Gasteiger partial charge in [-0.25, -0.2) is 0 Å². The third-order valence-corrected chi connectivity index (χ3v) is 3.67. The molecule has 1 amide bonds.